The fraction of sp³-hybridized carbons (Fsp3) is 0.571. The van der Waals surface area contributed by atoms with Gasteiger partial charge in [0.15, 0.2) is 0 Å². The Morgan fingerprint density at radius 3 is 2.90 bits per heavy atom. The number of methoxy groups -OCH3 is 1. The van der Waals surface area contributed by atoms with E-state index in [1.165, 1.54) is 8.61 Å². The zero-order valence-electron chi connectivity index (χ0n) is 12.7. The van der Waals surface area contributed by atoms with Crippen LogP contribution >= 0.6 is 0 Å². The topological polar surface area (TPSA) is 61.9 Å². The molecule has 0 spiro atoms. The van der Waals surface area contributed by atoms with Gasteiger partial charge in [-0.05, 0) is 24.6 Å². The number of ether oxygens (including phenoxy) is 1. The van der Waals surface area contributed by atoms with Gasteiger partial charge in [0.2, 0.25) is 0 Å². The van der Waals surface area contributed by atoms with Gasteiger partial charge in [0, 0.05) is 39.3 Å². The van der Waals surface area contributed by atoms with Crippen LogP contribution < -0.4 is 10.1 Å². The molecule has 0 aliphatic carbocycles. The van der Waals surface area contributed by atoms with Crippen molar-refractivity contribution in [2.75, 3.05) is 33.8 Å². The summed E-state index contributed by atoms with van der Waals surface area (Å²) in [5.41, 5.74) is 0.906. The van der Waals surface area contributed by atoms with Crippen LogP contribution in [-0.4, -0.2) is 56.9 Å². The van der Waals surface area contributed by atoms with Gasteiger partial charge in [-0.2, -0.15) is 17.0 Å². The molecule has 1 saturated heterocycles. The van der Waals surface area contributed by atoms with Crippen LogP contribution in [0.25, 0.3) is 0 Å². The summed E-state index contributed by atoms with van der Waals surface area (Å²) in [4.78, 5) is 0. The van der Waals surface area contributed by atoms with Crippen LogP contribution in [0.3, 0.4) is 0 Å². The lowest BCUT2D eigenvalue weighted by Gasteiger charge is -2.33. The minimum atomic E-state index is -3.43. The second-order valence-corrected chi connectivity index (χ2v) is 7.36. The van der Waals surface area contributed by atoms with E-state index in [2.05, 4.69) is 5.32 Å². The number of piperazine rings is 1. The van der Waals surface area contributed by atoms with Gasteiger partial charge < -0.3 is 10.1 Å². The first-order valence-electron chi connectivity index (χ1n) is 7.01. The van der Waals surface area contributed by atoms with Crippen LogP contribution in [0, 0.1) is 0 Å². The van der Waals surface area contributed by atoms with E-state index in [1.54, 1.807) is 14.2 Å². The van der Waals surface area contributed by atoms with E-state index in [0.29, 0.717) is 26.2 Å². The predicted molar refractivity (Wildman–Crippen MR) is 82.4 cm³/mol. The van der Waals surface area contributed by atoms with E-state index in [1.807, 2.05) is 31.2 Å². The molecule has 1 atom stereocenters. The monoisotopic (exact) mass is 313 g/mol. The molecule has 7 heteroatoms. The Kier molecular flexibility index (Phi) is 5.21. The molecule has 1 aliphatic heterocycles. The third kappa shape index (κ3) is 3.94. The molecule has 1 aromatic rings. The van der Waals surface area contributed by atoms with Crippen molar-refractivity contribution < 1.29 is 13.2 Å². The molecule has 0 unspecified atom stereocenters. The Balaban J connectivity index is 2.08. The summed E-state index contributed by atoms with van der Waals surface area (Å²) < 4.78 is 33.3. The van der Waals surface area contributed by atoms with Crippen LogP contribution in [-0.2, 0) is 16.8 Å². The third-order valence-electron chi connectivity index (χ3n) is 3.59. The highest BCUT2D eigenvalue weighted by Crippen LogP contribution is 2.17. The minimum Gasteiger partial charge on any atom is -0.497 e. The highest BCUT2D eigenvalue weighted by Gasteiger charge is 2.30. The summed E-state index contributed by atoms with van der Waals surface area (Å²) in [6.07, 6.45) is 0. The molecule has 1 N–H and O–H groups in total. The summed E-state index contributed by atoms with van der Waals surface area (Å²) in [5, 5.41) is 3.25. The lowest BCUT2D eigenvalue weighted by atomic mass is 10.2. The number of hydrogen-bond donors (Lipinski definition) is 1. The number of nitrogens with one attached hydrogen (secondary N) is 1. The van der Waals surface area contributed by atoms with Gasteiger partial charge in [0.25, 0.3) is 10.2 Å². The molecule has 0 amide bonds. The fourth-order valence-corrected chi connectivity index (χ4v) is 3.85. The molecule has 1 fully saturated rings. The molecular weight excluding hydrogens is 290 g/mol. The van der Waals surface area contributed by atoms with Crippen molar-refractivity contribution in [1.29, 1.82) is 0 Å². The first-order chi connectivity index (χ1) is 9.93. The van der Waals surface area contributed by atoms with Gasteiger partial charge in [-0.15, -0.1) is 0 Å². The average molecular weight is 313 g/mol. The van der Waals surface area contributed by atoms with Gasteiger partial charge >= 0.3 is 0 Å². The standard InChI is InChI=1S/C14H23N3O3S/c1-12-10-17(8-7-15-12)21(18,19)16(2)11-13-5-4-6-14(9-13)20-3/h4-6,9,12,15H,7-8,10-11H2,1-3H3/t12-/m0/s1. The van der Waals surface area contributed by atoms with Gasteiger partial charge in [0.05, 0.1) is 7.11 Å². The molecule has 0 bridgehead atoms. The van der Waals surface area contributed by atoms with Crippen LogP contribution in [0.15, 0.2) is 24.3 Å². The third-order valence-corrected chi connectivity index (χ3v) is 5.49. The van der Waals surface area contributed by atoms with Crippen molar-refractivity contribution in [2.24, 2.45) is 0 Å². The first kappa shape index (κ1) is 16.2. The van der Waals surface area contributed by atoms with Crippen LogP contribution in [0.4, 0.5) is 0 Å². The van der Waals surface area contributed by atoms with E-state index in [-0.39, 0.29) is 6.04 Å². The smallest absolute Gasteiger partial charge is 0.282 e. The molecule has 6 nitrogen and oxygen atoms in total. The molecule has 21 heavy (non-hydrogen) atoms. The Hall–Kier alpha value is -1.15. The molecule has 118 valence electrons. The van der Waals surface area contributed by atoms with Crippen molar-refractivity contribution >= 4 is 10.2 Å². The van der Waals surface area contributed by atoms with Gasteiger partial charge in [-0.3, -0.25) is 0 Å². The summed E-state index contributed by atoms with van der Waals surface area (Å²) in [7, 11) is -0.215. The molecule has 1 heterocycles. The minimum absolute atomic E-state index is 0.179. The number of nitrogens with zero attached hydrogens (tertiary/aromatic N) is 2. The predicted octanol–water partition coefficient (Wildman–Crippen LogP) is 0.666. The van der Waals surface area contributed by atoms with Crippen LogP contribution in [0.2, 0.25) is 0 Å². The molecule has 0 radical (unpaired) electrons. The second-order valence-electron chi connectivity index (χ2n) is 5.33. The lowest BCUT2D eigenvalue weighted by molar-refractivity contribution is 0.287. The van der Waals surface area contributed by atoms with E-state index >= 15 is 0 Å². The van der Waals surface area contributed by atoms with Crippen LogP contribution in [0.5, 0.6) is 5.75 Å². The summed E-state index contributed by atoms with van der Waals surface area (Å²) in [6.45, 7) is 4.02. The lowest BCUT2D eigenvalue weighted by Crippen LogP contribution is -2.54. The Morgan fingerprint density at radius 2 is 2.24 bits per heavy atom. The summed E-state index contributed by atoms with van der Waals surface area (Å²) >= 11 is 0. The summed E-state index contributed by atoms with van der Waals surface area (Å²) in [5.74, 6) is 0.731. The Labute approximate surface area is 126 Å². The maximum atomic E-state index is 12.6. The average Bonchev–Trinajstić information content (AvgIpc) is 2.47. The number of rotatable bonds is 5. The normalized spacial score (nSPS) is 20.7. The molecule has 0 saturated carbocycles. The largest absolute Gasteiger partial charge is 0.497 e. The zero-order chi connectivity index (χ0) is 15.5. The molecule has 0 aromatic heterocycles. The Bertz CT molecular complexity index is 577. The number of benzene rings is 1. The molecule has 1 aliphatic rings. The van der Waals surface area contributed by atoms with Gasteiger partial charge in [-0.1, -0.05) is 12.1 Å². The maximum absolute atomic E-state index is 12.6. The van der Waals surface area contributed by atoms with E-state index in [0.717, 1.165) is 11.3 Å². The van der Waals surface area contributed by atoms with E-state index < -0.39 is 10.2 Å². The molecule has 2 rings (SSSR count). The van der Waals surface area contributed by atoms with E-state index in [4.69, 9.17) is 4.74 Å². The van der Waals surface area contributed by atoms with Crippen molar-refractivity contribution in [3.63, 3.8) is 0 Å². The second kappa shape index (κ2) is 6.74. The zero-order valence-corrected chi connectivity index (χ0v) is 13.6. The SMILES string of the molecule is COc1cccc(CN(C)S(=O)(=O)N2CCN[C@@H](C)C2)c1. The first-order valence-corrected chi connectivity index (χ1v) is 8.41. The van der Waals surface area contributed by atoms with Crippen molar-refractivity contribution in [3.05, 3.63) is 29.8 Å². The fourth-order valence-electron chi connectivity index (χ4n) is 2.41. The van der Waals surface area contributed by atoms with Crippen molar-refractivity contribution in [3.8, 4) is 5.75 Å². The maximum Gasteiger partial charge on any atom is 0.282 e. The Morgan fingerprint density at radius 1 is 1.48 bits per heavy atom. The highest BCUT2D eigenvalue weighted by atomic mass is 32.2. The molecular formula is C14H23N3O3S. The van der Waals surface area contributed by atoms with Crippen molar-refractivity contribution in [1.82, 2.24) is 13.9 Å². The van der Waals surface area contributed by atoms with Crippen LogP contribution in [0.1, 0.15) is 12.5 Å². The highest BCUT2D eigenvalue weighted by molar-refractivity contribution is 7.86. The molecule has 1 aromatic carbocycles. The summed E-state index contributed by atoms with van der Waals surface area (Å²) in [6, 6.07) is 7.64. The van der Waals surface area contributed by atoms with E-state index in [9.17, 15) is 8.42 Å². The van der Waals surface area contributed by atoms with Crippen molar-refractivity contribution in [2.45, 2.75) is 19.5 Å². The van der Waals surface area contributed by atoms with Gasteiger partial charge in [0.1, 0.15) is 5.75 Å². The quantitative estimate of drug-likeness (QED) is 0.868. The van der Waals surface area contributed by atoms with Gasteiger partial charge in [-0.25, -0.2) is 0 Å². The number of hydrogen-bond acceptors (Lipinski definition) is 4.